The largest absolute Gasteiger partial charge is 0.338 e. The number of aromatic nitrogens is 3. The van der Waals surface area contributed by atoms with Crippen LogP contribution in [0.25, 0.3) is 11.3 Å². The summed E-state index contributed by atoms with van der Waals surface area (Å²) in [4.78, 5) is 33.8. The summed E-state index contributed by atoms with van der Waals surface area (Å²) >= 11 is 0. The standard InChI is InChI=1S/C23H25N5O2/c1-18(28-22(29)10-9-21(25-28)20-7-3-2-4-8-20)23(30)27-14-12-26(13-15-27)17-19-6-5-11-24-16-19/h2-11,16,18H,12-15,17H2,1H3. The monoisotopic (exact) mass is 403 g/mol. The quantitative estimate of drug-likeness (QED) is 0.653. The molecule has 1 saturated heterocycles. The second-order valence-corrected chi connectivity index (χ2v) is 7.51. The van der Waals surface area contributed by atoms with Gasteiger partial charge >= 0.3 is 0 Å². The fraction of sp³-hybridized carbons (Fsp3) is 0.304. The SMILES string of the molecule is CC(C(=O)N1CCN(Cc2cccnc2)CC1)n1nc(-c2ccccc2)ccc1=O. The lowest BCUT2D eigenvalue weighted by Gasteiger charge is -2.36. The molecule has 0 spiro atoms. The molecule has 154 valence electrons. The molecule has 1 fully saturated rings. The Morgan fingerprint density at radius 2 is 1.77 bits per heavy atom. The number of hydrogen-bond donors (Lipinski definition) is 0. The molecule has 0 saturated carbocycles. The molecule has 1 aromatic carbocycles. The van der Waals surface area contributed by atoms with Crippen LogP contribution in [0.2, 0.25) is 0 Å². The molecule has 0 radical (unpaired) electrons. The third-order valence-electron chi connectivity index (χ3n) is 5.43. The van der Waals surface area contributed by atoms with Crippen LogP contribution in [-0.4, -0.2) is 56.7 Å². The second kappa shape index (κ2) is 9.00. The predicted octanol–water partition coefficient (Wildman–Crippen LogP) is 2.21. The smallest absolute Gasteiger partial charge is 0.267 e. The lowest BCUT2D eigenvalue weighted by molar-refractivity contribution is -0.136. The number of nitrogens with zero attached hydrogens (tertiary/aromatic N) is 5. The van der Waals surface area contributed by atoms with Gasteiger partial charge in [-0.1, -0.05) is 36.4 Å². The second-order valence-electron chi connectivity index (χ2n) is 7.51. The summed E-state index contributed by atoms with van der Waals surface area (Å²) in [6.45, 7) is 5.42. The van der Waals surface area contributed by atoms with Gasteiger partial charge in [0.15, 0.2) is 0 Å². The summed E-state index contributed by atoms with van der Waals surface area (Å²) < 4.78 is 1.30. The number of carbonyl (C=O) groups is 1. The van der Waals surface area contributed by atoms with Crippen LogP contribution in [0.5, 0.6) is 0 Å². The van der Waals surface area contributed by atoms with E-state index in [1.807, 2.05) is 47.5 Å². The molecular formula is C23H25N5O2. The van der Waals surface area contributed by atoms with Crippen LogP contribution in [0.3, 0.4) is 0 Å². The van der Waals surface area contributed by atoms with Crippen molar-refractivity contribution < 1.29 is 4.79 Å². The number of carbonyl (C=O) groups excluding carboxylic acids is 1. The van der Waals surface area contributed by atoms with Gasteiger partial charge in [0.25, 0.3) is 5.56 Å². The van der Waals surface area contributed by atoms with E-state index in [1.165, 1.54) is 16.3 Å². The Balaban J connectivity index is 1.42. The van der Waals surface area contributed by atoms with Crippen LogP contribution in [0.1, 0.15) is 18.5 Å². The molecule has 0 aliphatic carbocycles. The van der Waals surface area contributed by atoms with Crippen LogP contribution >= 0.6 is 0 Å². The molecule has 0 N–H and O–H groups in total. The minimum atomic E-state index is -0.647. The number of hydrogen-bond acceptors (Lipinski definition) is 5. The Morgan fingerprint density at radius 3 is 2.47 bits per heavy atom. The number of pyridine rings is 1. The predicted molar refractivity (Wildman–Crippen MR) is 115 cm³/mol. The highest BCUT2D eigenvalue weighted by molar-refractivity contribution is 5.80. The van der Waals surface area contributed by atoms with E-state index in [2.05, 4.69) is 21.0 Å². The third kappa shape index (κ3) is 4.46. The summed E-state index contributed by atoms with van der Waals surface area (Å²) in [6, 6.07) is 16.2. The Hall–Kier alpha value is -3.32. The molecule has 7 nitrogen and oxygen atoms in total. The summed E-state index contributed by atoms with van der Waals surface area (Å²) in [7, 11) is 0. The van der Waals surface area contributed by atoms with E-state index in [-0.39, 0.29) is 11.5 Å². The van der Waals surface area contributed by atoms with Crippen LogP contribution < -0.4 is 5.56 Å². The van der Waals surface area contributed by atoms with Crippen LogP contribution in [-0.2, 0) is 11.3 Å². The third-order valence-corrected chi connectivity index (χ3v) is 5.43. The summed E-state index contributed by atoms with van der Waals surface area (Å²) in [5.74, 6) is -0.0733. The summed E-state index contributed by atoms with van der Waals surface area (Å²) in [6.07, 6.45) is 3.64. The van der Waals surface area contributed by atoms with E-state index in [0.717, 1.165) is 25.2 Å². The lowest BCUT2D eigenvalue weighted by atomic mass is 10.1. The van der Waals surface area contributed by atoms with Gasteiger partial charge in [0.2, 0.25) is 5.91 Å². The van der Waals surface area contributed by atoms with E-state index in [9.17, 15) is 9.59 Å². The zero-order chi connectivity index (χ0) is 20.9. The zero-order valence-corrected chi connectivity index (χ0v) is 17.0. The van der Waals surface area contributed by atoms with E-state index in [4.69, 9.17) is 0 Å². The summed E-state index contributed by atoms with van der Waals surface area (Å²) in [5, 5.41) is 4.47. The maximum absolute atomic E-state index is 13.1. The van der Waals surface area contributed by atoms with E-state index >= 15 is 0 Å². The van der Waals surface area contributed by atoms with Gasteiger partial charge in [-0.3, -0.25) is 19.5 Å². The molecule has 2 aromatic heterocycles. The maximum Gasteiger partial charge on any atom is 0.267 e. The van der Waals surface area contributed by atoms with Crippen molar-refractivity contribution in [2.45, 2.75) is 19.5 Å². The molecule has 1 amide bonds. The van der Waals surface area contributed by atoms with Crippen LogP contribution in [0.4, 0.5) is 0 Å². The van der Waals surface area contributed by atoms with Gasteiger partial charge in [-0.25, -0.2) is 4.68 Å². The molecule has 3 aromatic rings. The minimum Gasteiger partial charge on any atom is -0.338 e. The number of rotatable bonds is 5. The average molecular weight is 403 g/mol. The van der Waals surface area contributed by atoms with Gasteiger partial charge < -0.3 is 4.90 Å². The number of piperazine rings is 1. The van der Waals surface area contributed by atoms with Crippen molar-refractivity contribution >= 4 is 5.91 Å². The molecular weight excluding hydrogens is 378 g/mol. The molecule has 30 heavy (non-hydrogen) atoms. The van der Waals surface area contributed by atoms with Crippen molar-refractivity contribution in [2.24, 2.45) is 0 Å². The molecule has 1 atom stereocenters. The average Bonchev–Trinajstić information content (AvgIpc) is 2.80. The van der Waals surface area contributed by atoms with Gasteiger partial charge in [-0.2, -0.15) is 5.10 Å². The molecule has 3 heterocycles. The Bertz CT molecular complexity index is 1040. The van der Waals surface area contributed by atoms with Crippen LogP contribution in [0.15, 0.2) is 71.8 Å². The lowest BCUT2D eigenvalue weighted by Crippen LogP contribution is -2.50. The van der Waals surface area contributed by atoms with Crippen molar-refractivity contribution in [3.8, 4) is 11.3 Å². The molecule has 7 heteroatoms. The molecule has 1 aliphatic heterocycles. The van der Waals surface area contributed by atoms with Crippen molar-refractivity contribution in [1.82, 2.24) is 24.6 Å². The fourth-order valence-corrected chi connectivity index (χ4v) is 3.71. The normalized spacial score (nSPS) is 15.7. The Morgan fingerprint density at radius 1 is 1.00 bits per heavy atom. The molecule has 0 bridgehead atoms. The first-order chi connectivity index (χ1) is 14.6. The summed E-state index contributed by atoms with van der Waals surface area (Å²) in [5.41, 5.74) is 2.48. The maximum atomic E-state index is 13.1. The van der Waals surface area contributed by atoms with E-state index < -0.39 is 6.04 Å². The van der Waals surface area contributed by atoms with Gasteiger partial charge in [0.1, 0.15) is 6.04 Å². The topological polar surface area (TPSA) is 71.3 Å². The van der Waals surface area contributed by atoms with E-state index in [0.29, 0.717) is 18.8 Å². The number of amides is 1. The molecule has 4 rings (SSSR count). The zero-order valence-electron chi connectivity index (χ0n) is 17.0. The van der Waals surface area contributed by atoms with Gasteiger partial charge in [-0.05, 0) is 24.6 Å². The molecule has 1 aliphatic rings. The van der Waals surface area contributed by atoms with Crippen LogP contribution in [0, 0.1) is 0 Å². The first-order valence-corrected chi connectivity index (χ1v) is 10.2. The van der Waals surface area contributed by atoms with Crippen molar-refractivity contribution in [3.63, 3.8) is 0 Å². The highest BCUT2D eigenvalue weighted by Crippen LogP contribution is 2.17. The van der Waals surface area contributed by atoms with Gasteiger partial charge in [0, 0.05) is 56.7 Å². The van der Waals surface area contributed by atoms with E-state index in [1.54, 1.807) is 19.2 Å². The number of benzene rings is 1. The first kappa shape index (κ1) is 20.0. The van der Waals surface area contributed by atoms with Gasteiger partial charge in [0.05, 0.1) is 5.69 Å². The Kier molecular flexibility index (Phi) is 5.99. The van der Waals surface area contributed by atoms with Crippen molar-refractivity contribution in [3.05, 3.63) is 82.9 Å². The highest BCUT2D eigenvalue weighted by Gasteiger charge is 2.27. The van der Waals surface area contributed by atoms with Crippen molar-refractivity contribution in [1.29, 1.82) is 0 Å². The minimum absolute atomic E-state index is 0.0733. The molecule has 1 unspecified atom stereocenters. The highest BCUT2D eigenvalue weighted by atomic mass is 16.2. The van der Waals surface area contributed by atoms with Gasteiger partial charge in [-0.15, -0.1) is 0 Å². The van der Waals surface area contributed by atoms with Crippen molar-refractivity contribution in [2.75, 3.05) is 26.2 Å². The fourth-order valence-electron chi connectivity index (χ4n) is 3.71. The first-order valence-electron chi connectivity index (χ1n) is 10.2. The Labute approximate surface area is 175 Å².